The summed E-state index contributed by atoms with van der Waals surface area (Å²) < 4.78 is 9.65. The summed E-state index contributed by atoms with van der Waals surface area (Å²) in [5.41, 5.74) is 0.633. The Morgan fingerprint density at radius 1 is 1.26 bits per heavy atom. The van der Waals surface area contributed by atoms with Crippen molar-refractivity contribution in [2.24, 2.45) is 0 Å². The third-order valence-electron chi connectivity index (χ3n) is 3.26. The van der Waals surface area contributed by atoms with Gasteiger partial charge in [0.1, 0.15) is 11.8 Å². The number of hydrogen-bond donors (Lipinski definition) is 3. The topological polar surface area (TPSA) is 125 Å². The van der Waals surface area contributed by atoms with Gasteiger partial charge in [-0.2, -0.15) is 0 Å². The highest BCUT2D eigenvalue weighted by atomic mass is 16.6. The van der Waals surface area contributed by atoms with Crippen LogP contribution in [0.4, 0.5) is 0 Å². The van der Waals surface area contributed by atoms with E-state index in [0.717, 1.165) is 0 Å². The molecule has 8 nitrogen and oxygen atoms in total. The summed E-state index contributed by atoms with van der Waals surface area (Å²) in [7, 11) is 0. The Morgan fingerprint density at radius 2 is 1.91 bits per heavy atom. The lowest BCUT2D eigenvalue weighted by Crippen LogP contribution is -2.44. The molecule has 1 aliphatic heterocycles. The van der Waals surface area contributed by atoms with Gasteiger partial charge in [-0.1, -0.05) is 12.1 Å². The number of phenols is 1. The minimum absolute atomic E-state index is 0.0398. The van der Waals surface area contributed by atoms with Crippen molar-refractivity contribution in [3.05, 3.63) is 29.8 Å². The van der Waals surface area contributed by atoms with Gasteiger partial charge in [-0.15, -0.1) is 0 Å². The van der Waals surface area contributed by atoms with Gasteiger partial charge < -0.3 is 25.0 Å². The van der Waals surface area contributed by atoms with Crippen LogP contribution in [0.15, 0.2) is 24.3 Å². The quantitative estimate of drug-likeness (QED) is 0.470. The number of esters is 1. The molecule has 23 heavy (non-hydrogen) atoms. The van der Waals surface area contributed by atoms with Crippen LogP contribution in [0.1, 0.15) is 12.5 Å². The minimum Gasteiger partial charge on any atom is -0.508 e. The molecule has 1 aromatic carbocycles. The molecule has 1 fully saturated rings. The molecule has 1 amide bonds. The number of aliphatic carboxylic acids is 1. The lowest BCUT2D eigenvalue weighted by molar-refractivity contribution is -0.144. The Morgan fingerprint density at radius 3 is 2.48 bits per heavy atom. The third kappa shape index (κ3) is 4.43. The molecular weight excluding hydrogens is 306 g/mol. The van der Waals surface area contributed by atoms with E-state index >= 15 is 0 Å². The lowest BCUT2D eigenvalue weighted by atomic mass is 10.1. The van der Waals surface area contributed by atoms with Crippen LogP contribution in [0.25, 0.3) is 0 Å². The Hall–Kier alpha value is -2.61. The van der Waals surface area contributed by atoms with E-state index < -0.39 is 36.1 Å². The number of rotatable bonds is 7. The molecule has 0 aliphatic carbocycles. The normalized spacial score (nSPS) is 20.4. The summed E-state index contributed by atoms with van der Waals surface area (Å²) in [6, 6.07) is 4.81. The first-order chi connectivity index (χ1) is 10.9. The number of amides is 1. The minimum atomic E-state index is -1.21. The summed E-state index contributed by atoms with van der Waals surface area (Å²) in [5, 5.41) is 20.7. The highest BCUT2D eigenvalue weighted by Gasteiger charge is 2.52. The lowest BCUT2D eigenvalue weighted by Gasteiger charge is -2.14. The van der Waals surface area contributed by atoms with Gasteiger partial charge in [0.15, 0.2) is 12.2 Å². The second-order valence-corrected chi connectivity index (χ2v) is 5.00. The number of phenolic OH excluding ortho intramolecular Hbond substituents is 1. The molecule has 0 aromatic heterocycles. The molecule has 0 saturated carbocycles. The third-order valence-corrected chi connectivity index (χ3v) is 3.26. The predicted octanol–water partition coefficient (Wildman–Crippen LogP) is -0.165. The molecule has 3 atom stereocenters. The summed E-state index contributed by atoms with van der Waals surface area (Å²) in [6.07, 6.45) is -1.95. The highest BCUT2D eigenvalue weighted by molar-refractivity contribution is 5.94. The van der Waals surface area contributed by atoms with Crippen LogP contribution in [0.3, 0.4) is 0 Å². The number of aromatic hydroxyl groups is 1. The van der Waals surface area contributed by atoms with Gasteiger partial charge in [-0.3, -0.25) is 4.79 Å². The van der Waals surface area contributed by atoms with Crippen molar-refractivity contribution < 1.29 is 34.1 Å². The molecule has 1 unspecified atom stereocenters. The van der Waals surface area contributed by atoms with E-state index in [2.05, 4.69) is 5.32 Å². The van der Waals surface area contributed by atoms with E-state index in [-0.39, 0.29) is 18.8 Å². The Labute approximate surface area is 132 Å². The Balaban J connectivity index is 1.92. The standard InChI is InChI=1S/C15H17NO7/c1-2-22-15(21)12-11(23-12)13(18)16-10(14(19)20)7-8-3-5-9(17)6-4-8/h3-6,10-12,17H,2,7H2,1H3,(H,16,18)(H,19,20)/t10-,11-,12?/m0/s1. The average Bonchev–Trinajstić information content (AvgIpc) is 3.29. The van der Waals surface area contributed by atoms with Gasteiger partial charge in [-0.05, 0) is 24.6 Å². The smallest absolute Gasteiger partial charge is 0.338 e. The van der Waals surface area contributed by atoms with Crippen LogP contribution in [0, 0.1) is 0 Å². The van der Waals surface area contributed by atoms with Gasteiger partial charge in [0.2, 0.25) is 0 Å². The SMILES string of the molecule is CCOC(=O)C1O[C@@H]1C(=O)N[C@@H](Cc1ccc(O)cc1)C(=O)O. The average molecular weight is 323 g/mol. The van der Waals surface area contributed by atoms with Crippen molar-refractivity contribution >= 4 is 17.8 Å². The zero-order valence-corrected chi connectivity index (χ0v) is 12.4. The largest absolute Gasteiger partial charge is 0.508 e. The maximum absolute atomic E-state index is 11.9. The van der Waals surface area contributed by atoms with Gasteiger partial charge >= 0.3 is 11.9 Å². The zero-order valence-electron chi connectivity index (χ0n) is 12.4. The Kier molecular flexibility index (Phi) is 5.17. The van der Waals surface area contributed by atoms with Crippen LogP contribution in [-0.2, 0) is 30.3 Å². The number of epoxide rings is 1. The summed E-state index contributed by atoms with van der Waals surface area (Å²) in [5.74, 6) is -2.46. The molecule has 3 N–H and O–H groups in total. The van der Waals surface area contributed by atoms with E-state index in [9.17, 15) is 24.6 Å². The van der Waals surface area contributed by atoms with Crippen molar-refractivity contribution in [1.29, 1.82) is 0 Å². The molecule has 1 aliphatic rings. The summed E-state index contributed by atoms with van der Waals surface area (Å²) >= 11 is 0. The number of carboxylic acid groups (broad SMARTS) is 1. The van der Waals surface area contributed by atoms with E-state index in [1.165, 1.54) is 12.1 Å². The molecule has 1 aromatic rings. The summed E-state index contributed by atoms with van der Waals surface area (Å²) in [6.45, 7) is 1.80. The Bertz CT molecular complexity index is 598. The molecule has 1 saturated heterocycles. The van der Waals surface area contributed by atoms with Crippen LogP contribution >= 0.6 is 0 Å². The van der Waals surface area contributed by atoms with Crippen molar-refractivity contribution in [3.8, 4) is 5.75 Å². The van der Waals surface area contributed by atoms with Crippen LogP contribution in [0.2, 0.25) is 0 Å². The first-order valence-corrected chi connectivity index (χ1v) is 7.05. The predicted molar refractivity (Wildman–Crippen MR) is 76.7 cm³/mol. The first-order valence-electron chi connectivity index (χ1n) is 7.05. The number of carbonyl (C=O) groups excluding carboxylic acids is 2. The maximum atomic E-state index is 11.9. The molecule has 1 heterocycles. The van der Waals surface area contributed by atoms with E-state index in [1.54, 1.807) is 19.1 Å². The second kappa shape index (κ2) is 7.10. The van der Waals surface area contributed by atoms with Gasteiger partial charge in [0.05, 0.1) is 6.61 Å². The number of nitrogens with one attached hydrogen (secondary N) is 1. The molecular formula is C15H17NO7. The van der Waals surface area contributed by atoms with Crippen molar-refractivity contribution in [2.75, 3.05) is 6.61 Å². The summed E-state index contributed by atoms with van der Waals surface area (Å²) in [4.78, 5) is 34.6. The van der Waals surface area contributed by atoms with Crippen molar-refractivity contribution in [1.82, 2.24) is 5.32 Å². The maximum Gasteiger partial charge on any atom is 0.338 e. The number of benzene rings is 1. The highest BCUT2D eigenvalue weighted by Crippen LogP contribution is 2.24. The van der Waals surface area contributed by atoms with Crippen molar-refractivity contribution in [3.63, 3.8) is 0 Å². The van der Waals surface area contributed by atoms with Crippen LogP contribution < -0.4 is 5.32 Å². The molecule has 8 heteroatoms. The fourth-order valence-corrected chi connectivity index (χ4v) is 2.04. The van der Waals surface area contributed by atoms with E-state index in [0.29, 0.717) is 5.56 Å². The molecule has 0 radical (unpaired) electrons. The van der Waals surface area contributed by atoms with Gasteiger partial charge in [0.25, 0.3) is 5.91 Å². The second-order valence-electron chi connectivity index (χ2n) is 5.00. The van der Waals surface area contributed by atoms with Crippen molar-refractivity contribution in [2.45, 2.75) is 31.6 Å². The van der Waals surface area contributed by atoms with Gasteiger partial charge in [-0.25, -0.2) is 9.59 Å². The fourth-order valence-electron chi connectivity index (χ4n) is 2.04. The number of carbonyl (C=O) groups is 3. The first kappa shape index (κ1) is 16.8. The molecule has 0 spiro atoms. The molecule has 2 rings (SSSR count). The van der Waals surface area contributed by atoms with Gasteiger partial charge in [0, 0.05) is 6.42 Å². The zero-order chi connectivity index (χ0) is 17.0. The molecule has 0 bridgehead atoms. The van der Waals surface area contributed by atoms with Crippen LogP contribution in [-0.4, -0.2) is 52.9 Å². The van der Waals surface area contributed by atoms with Crippen LogP contribution in [0.5, 0.6) is 5.75 Å². The fraction of sp³-hybridized carbons (Fsp3) is 0.400. The number of ether oxygens (including phenoxy) is 2. The van der Waals surface area contributed by atoms with E-state index in [1.807, 2.05) is 0 Å². The van der Waals surface area contributed by atoms with E-state index in [4.69, 9.17) is 9.47 Å². The number of hydrogen-bond acceptors (Lipinski definition) is 6. The number of carboxylic acids is 1. The molecule has 124 valence electrons. The monoisotopic (exact) mass is 323 g/mol.